The van der Waals surface area contributed by atoms with Gasteiger partial charge in [-0.05, 0) is 62.8 Å². The van der Waals surface area contributed by atoms with Crippen LogP contribution in [0.25, 0.3) is 0 Å². The normalized spacial score (nSPS) is 31.4. The van der Waals surface area contributed by atoms with Crippen molar-refractivity contribution in [1.82, 2.24) is 10.3 Å². The van der Waals surface area contributed by atoms with E-state index in [-0.39, 0.29) is 0 Å². The van der Waals surface area contributed by atoms with Crippen molar-refractivity contribution in [1.29, 1.82) is 0 Å². The Labute approximate surface area is 126 Å². The van der Waals surface area contributed by atoms with Crippen LogP contribution in [-0.2, 0) is 6.42 Å². The second kappa shape index (κ2) is 6.02. The number of halogens is 1. The summed E-state index contributed by atoms with van der Waals surface area (Å²) in [6.45, 7) is 0. The van der Waals surface area contributed by atoms with Gasteiger partial charge in [-0.15, -0.1) is 0 Å². The summed E-state index contributed by atoms with van der Waals surface area (Å²) in [6, 6.07) is 10.00. The molecule has 2 saturated heterocycles. The minimum Gasteiger partial charge on any atom is -0.300 e. The zero-order valence-corrected chi connectivity index (χ0v) is 12.8. The van der Waals surface area contributed by atoms with Crippen molar-refractivity contribution < 1.29 is 0 Å². The lowest BCUT2D eigenvalue weighted by Gasteiger charge is -2.39. The second-order valence-corrected chi connectivity index (χ2v) is 6.83. The molecular weight excluding hydrogens is 270 g/mol. The van der Waals surface area contributed by atoms with Gasteiger partial charge in [0.1, 0.15) is 0 Å². The van der Waals surface area contributed by atoms with Gasteiger partial charge in [-0.1, -0.05) is 23.7 Å². The predicted molar refractivity (Wildman–Crippen MR) is 83.6 cm³/mol. The number of hydrogen-bond acceptors (Lipinski definition) is 3. The topological polar surface area (TPSA) is 41.3 Å². The van der Waals surface area contributed by atoms with Gasteiger partial charge in [0.15, 0.2) is 0 Å². The van der Waals surface area contributed by atoms with Crippen molar-refractivity contribution >= 4 is 11.6 Å². The van der Waals surface area contributed by atoms with Crippen LogP contribution in [0.2, 0.25) is 5.02 Å². The molecule has 2 aliphatic rings. The van der Waals surface area contributed by atoms with Crippen LogP contribution < -0.4 is 11.3 Å². The Hall–Kier alpha value is -0.610. The maximum atomic E-state index is 6.07. The lowest BCUT2D eigenvalue weighted by molar-refractivity contribution is 0.112. The first-order valence-corrected chi connectivity index (χ1v) is 7.97. The maximum Gasteiger partial charge on any atom is 0.0408 e. The summed E-state index contributed by atoms with van der Waals surface area (Å²) in [5.74, 6) is 6.51. The van der Waals surface area contributed by atoms with Crippen molar-refractivity contribution in [2.75, 3.05) is 7.05 Å². The van der Waals surface area contributed by atoms with Gasteiger partial charge < -0.3 is 4.90 Å². The van der Waals surface area contributed by atoms with E-state index >= 15 is 0 Å². The summed E-state index contributed by atoms with van der Waals surface area (Å²) in [7, 11) is 2.28. The minimum absolute atomic E-state index is 0.352. The second-order valence-electron chi connectivity index (χ2n) is 6.39. The lowest BCUT2D eigenvalue weighted by Crippen LogP contribution is -2.49. The number of nitrogens with zero attached hydrogens (tertiary/aromatic N) is 1. The van der Waals surface area contributed by atoms with E-state index in [0.717, 1.165) is 23.5 Å². The highest BCUT2D eigenvalue weighted by Crippen LogP contribution is 2.39. The molecule has 1 aromatic rings. The Morgan fingerprint density at radius 3 is 2.65 bits per heavy atom. The molecule has 2 heterocycles. The first-order valence-electron chi connectivity index (χ1n) is 7.60. The molecule has 2 bridgehead atoms. The molecule has 0 spiro atoms. The first kappa shape index (κ1) is 14.3. The Bertz CT molecular complexity index is 451. The van der Waals surface area contributed by atoms with Crippen LogP contribution in [0, 0.1) is 5.92 Å². The number of rotatable bonds is 4. The molecule has 3 unspecified atom stereocenters. The third-order valence-corrected chi connectivity index (χ3v) is 5.50. The molecule has 2 fully saturated rings. The number of hydrazine groups is 1. The summed E-state index contributed by atoms with van der Waals surface area (Å²) in [6.07, 6.45) is 6.20. The average molecular weight is 294 g/mol. The molecule has 1 aromatic carbocycles. The van der Waals surface area contributed by atoms with Crippen LogP contribution in [0.5, 0.6) is 0 Å². The van der Waals surface area contributed by atoms with Crippen LogP contribution in [-0.4, -0.2) is 30.1 Å². The number of nitrogens with one attached hydrogen (secondary N) is 1. The largest absolute Gasteiger partial charge is 0.300 e. The molecule has 3 atom stereocenters. The first-order chi connectivity index (χ1) is 9.67. The molecule has 20 heavy (non-hydrogen) atoms. The van der Waals surface area contributed by atoms with Gasteiger partial charge in [0.05, 0.1) is 0 Å². The zero-order valence-electron chi connectivity index (χ0n) is 12.1. The number of fused-ring (bicyclic) bond motifs is 2. The monoisotopic (exact) mass is 293 g/mol. The van der Waals surface area contributed by atoms with Crippen LogP contribution >= 0.6 is 11.6 Å². The molecule has 0 aromatic heterocycles. The van der Waals surface area contributed by atoms with E-state index in [9.17, 15) is 0 Å². The fourth-order valence-electron chi connectivity index (χ4n) is 4.06. The highest BCUT2D eigenvalue weighted by atomic mass is 35.5. The Kier molecular flexibility index (Phi) is 4.32. The van der Waals surface area contributed by atoms with Gasteiger partial charge in [0.2, 0.25) is 0 Å². The van der Waals surface area contributed by atoms with E-state index in [2.05, 4.69) is 29.5 Å². The fraction of sp³-hybridized carbons (Fsp3) is 0.625. The SMILES string of the molecule is CN1C2CCC1CC(C(Cc1cccc(Cl)c1)NN)C2. The molecule has 3 rings (SSSR count). The van der Waals surface area contributed by atoms with Gasteiger partial charge in [-0.3, -0.25) is 11.3 Å². The van der Waals surface area contributed by atoms with E-state index in [1.807, 2.05) is 12.1 Å². The molecule has 3 nitrogen and oxygen atoms in total. The zero-order chi connectivity index (χ0) is 14.1. The van der Waals surface area contributed by atoms with Crippen LogP contribution in [0.1, 0.15) is 31.2 Å². The average Bonchev–Trinajstić information content (AvgIpc) is 2.66. The van der Waals surface area contributed by atoms with E-state index in [4.69, 9.17) is 17.4 Å². The van der Waals surface area contributed by atoms with Crippen molar-refractivity contribution in [3.05, 3.63) is 34.9 Å². The van der Waals surface area contributed by atoms with Gasteiger partial charge >= 0.3 is 0 Å². The Balaban J connectivity index is 1.68. The van der Waals surface area contributed by atoms with Gasteiger partial charge in [-0.2, -0.15) is 0 Å². The minimum atomic E-state index is 0.352. The molecule has 3 N–H and O–H groups in total. The van der Waals surface area contributed by atoms with Crippen molar-refractivity contribution in [3.8, 4) is 0 Å². The molecular formula is C16H24ClN3. The summed E-state index contributed by atoms with van der Waals surface area (Å²) < 4.78 is 0. The predicted octanol–water partition coefficient (Wildman–Crippen LogP) is 2.59. The molecule has 0 radical (unpaired) electrons. The highest BCUT2D eigenvalue weighted by Gasteiger charge is 2.40. The summed E-state index contributed by atoms with van der Waals surface area (Å²) in [4.78, 5) is 2.57. The van der Waals surface area contributed by atoms with E-state index in [1.165, 1.54) is 31.2 Å². The standard InChI is InChI=1S/C16H24ClN3/c1-20-14-5-6-15(20)10-12(9-14)16(19-18)8-11-3-2-4-13(17)7-11/h2-4,7,12,14-16,19H,5-6,8-10,18H2,1H3. The summed E-state index contributed by atoms with van der Waals surface area (Å²) in [5, 5.41) is 0.807. The third-order valence-electron chi connectivity index (χ3n) is 5.26. The van der Waals surface area contributed by atoms with Gasteiger partial charge in [-0.25, -0.2) is 0 Å². The van der Waals surface area contributed by atoms with Crippen LogP contribution in [0.15, 0.2) is 24.3 Å². The van der Waals surface area contributed by atoms with E-state index in [1.54, 1.807) is 0 Å². The van der Waals surface area contributed by atoms with Gasteiger partial charge in [0.25, 0.3) is 0 Å². The molecule has 110 valence electrons. The Morgan fingerprint density at radius 1 is 1.35 bits per heavy atom. The van der Waals surface area contributed by atoms with Crippen LogP contribution in [0.3, 0.4) is 0 Å². The lowest BCUT2D eigenvalue weighted by atomic mass is 9.83. The van der Waals surface area contributed by atoms with Crippen LogP contribution in [0.4, 0.5) is 0 Å². The third kappa shape index (κ3) is 2.86. The molecule has 4 heteroatoms. The number of piperidine rings is 1. The smallest absolute Gasteiger partial charge is 0.0408 e. The summed E-state index contributed by atoms with van der Waals surface area (Å²) >= 11 is 6.07. The highest BCUT2D eigenvalue weighted by molar-refractivity contribution is 6.30. The maximum absolute atomic E-state index is 6.07. The Morgan fingerprint density at radius 2 is 2.05 bits per heavy atom. The van der Waals surface area contributed by atoms with Crippen molar-refractivity contribution in [2.24, 2.45) is 11.8 Å². The number of benzene rings is 1. The van der Waals surface area contributed by atoms with Crippen molar-refractivity contribution in [2.45, 2.75) is 50.2 Å². The molecule has 0 saturated carbocycles. The van der Waals surface area contributed by atoms with Crippen molar-refractivity contribution in [3.63, 3.8) is 0 Å². The van der Waals surface area contributed by atoms with E-state index < -0.39 is 0 Å². The molecule has 0 amide bonds. The fourth-order valence-corrected chi connectivity index (χ4v) is 4.27. The number of hydrogen-bond donors (Lipinski definition) is 2. The number of nitrogens with two attached hydrogens (primary N) is 1. The quantitative estimate of drug-likeness (QED) is 0.662. The molecule has 2 aliphatic heterocycles. The molecule has 0 aliphatic carbocycles. The summed E-state index contributed by atoms with van der Waals surface area (Å²) in [5.41, 5.74) is 4.33. The van der Waals surface area contributed by atoms with Gasteiger partial charge in [0, 0.05) is 23.1 Å². The van der Waals surface area contributed by atoms with E-state index in [0.29, 0.717) is 12.0 Å².